The summed E-state index contributed by atoms with van der Waals surface area (Å²) in [7, 11) is -3.55. The van der Waals surface area contributed by atoms with Gasteiger partial charge in [-0.3, -0.25) is 9.71 Å². The van der Waals surface area contributed by atoms with Gasteiger partial charge in [0.25, 0.3) is 0 Å². The molecule has 2 aromatic heterocycles. The summed E-state index contributed by atoms with van der Waals surface area (Å²) in [6.45, 7) is 0.0510. The van der Waals surface area contributed by atoms with E-state index in [4.69, 9.17) is 4.74 Å². The second kappa shape index (κ2) is 7.37. The van der Waals surface area contributed by atoms with Gasteiger partial charge >= 0.3 is 0 Å². The van der Waals surface area contributed by atoms with Crippen molar-refractivity contribution in [1.29, 1.82) is 0 Å². The molecule has 3 rings (SSSR count). The van der Waals surface area contributed by atoms with Crippen molar-refractivity contribution in [3.63, 3.8) is 0 Å². The second-order valence-corrected chi connectivity index (χ2v) is 7.55. The summed E-state index contributed by atoms with van der Waals surface area (Å²) in [6.07, 6.45) is 3.28. The quantitative estimate of drug-likeness (QED) is 0.694. The van der Waals surface area contributed by atoms with E-state index in [-0.39, 0.29) is 17.5 Å². The largest absolute Gasteiger partial charge is 0.492 e. The highest BCUT2D eigenvalue weighted by atomic mass is 32.2. The van der Waals surface area contributed by atoms with E-state index in [9.17, 15) is 8.42 Å². The molecule has 24 heavy (non-hydrogen) atoms. The number of pyridine rings is 1. The predicted octanol–water partition coefficient (Wildman–Crippen LogP) is 2.42. The van der Waals surface area contributed by atoms with Gasteiger partial charge in [-0.05, 0) is 24.3 Å². The highest BCUT2D eigenvalue weighted by molar-refractivity contribution is 7.92. The Bertz CT molecular complexity index is 883. The first-order chi connectivity index (χ1) is 11.6. The zero-order valence-electron chi connectivity index (χ0n) is 12.5. The highest BCUT2D eigenvalue weighted by Crippen LogP contribution is 2.26. The Morgan fingerprint density at radius 1 is 1.04 bits per heavy atom. The maximum absolute atomic E-state index is 12.1. The smallest absolute Gasteiger partial charge is 0.237 e. The Balaban J connectivity index is 1.58. The molecular weight excluding hydrogens is 348 g/mol. The summed E-state index contributed by atoms with van der Waals surface area (Å²) < 4.78 is 32.0. The van der Waals surface area contributed by atoms with E-state index in [1.165, 1.54) is 0 Å². The first kappa shape index (κ1) is 16.3. The predicted molar refractivity (Wildman–Crippen MR) is 92.5 cm³/mol. The third-order valence-corrected chi connectivity index (χ3v) is 5.18. The van der Waals surface area contributed by atoms with E-state index in [0.717, 1.165) is 16.9 Å². The molecule has 0 aliphatic heterocycles. The van der Waals surface area contributed by atoms with Gasteiger partial charge in [-0.25, -0.2) is 8.42 Å². The van der Waals surface area contributed by atoms with E-state index in [0.29, 0.717) is 10.8 Å². The normalized spacial score (nSPS) is 11.2. The number of rotatable bonds is 7. The Labute approximate surface area is 143 Å². The lowest BCUT2D eigenvalue weighted by Crippen LogP contribution is -2.21. The van der Waals surface area contributed by atoms with Gasteiger partial charge in [0.05, 0.1) is 0 Å². The van der Waals surface area contributed by atoms with Gasteiger partial charge in [0, 0.05) is 18.0 Å². The minimum Gasteiger partial charge on any atom is -0.492 e. The highest BCUT2D eigenvalue weighted by Gasteiger charge is 2.15. The summed E-state index contributed by atoms with van der Waals surface area (Å²) in [4.78, 5) is 3.93. The lowest BCUT2D eigenvalue weighted by Gasteiger charge is -2.07. The molecule has 0 spiro atoms. The Morgan fingerprint density at radius 3 is 2.54 bits per heavy atom. The number of benzene rings is 1. The van der Waals surface area contributed by atoms with Crippen molar-refractivity contribution in [2.24, 2.45) is 0 Å². The Hall–Kier alpha value is -2.52. The number of hydrogen-bond donors (Lipinski definition) is 1. The van der Waals surface area contributed by atoms with Crippen LogP contribution >= 0.6 is 11.3 Å². The number of hydrogen-bond acceptors (Lipinski definition) is 7. The van der Waals surface area contributed by atoms with Gasteiger partial charge in [0.1, 0.15) is 23.1 Å². The SMILES string of the molecule is O=S(=O)(CCOc1ccccc1)Nc1nnc(-c2ccncc2)s1. The van der Waals surface area contributed by atoms with Crippen LogP contribution in [0, 0.1) is 0 Å². The lowest BCUT2D eigenvalue weighted by molar-refractivity contribution is 0.341. The molecule has 0 radical (unpaired) electrons. The Morgan fingerprint density at radius 2 is 1.79 bits per heavy atom. The lowest BCUT2D eigenvalue weighted by atomic mass is 10.3. The third kappa shape index (κ3) is 4.49. The van der Waals surface area contributed by atoms with E-state index in [1.54, 1.807) is 36.7 Å². The number of ether oxygens (including phenoxy) is 1. The molecule has 0 saturated carbocycles. The summed E-state index contributed by atoms with van der Waals surface area (Å²) >= 11 is 1.16. The summed E-state index contributed by atoms with van der Waals surface area (Å²) in [6, 6.07) is 12.6. The molecule has 0 amide bonds. The van der Waals surface area contributed by atoms with Crippen molar-refractivity contribution in [3.05, 3.63) is 54.9 Å². The number of nitrogens with zero attached hydrogens (tertiary/aromatic N) is 3. The van der Waals surface area contributed by atoms with Crippen LogP contribution in [0.4, 0.5) is 5.13 Å². The molecule has 0 atom stereocenters. The van der Waals surface area contributed by atoms with Gasteiger partial charge in [-0.2, -0.15) is 0 Å². The van der Waals surface area contributed by atoms with Crippen LogP contribution in [0.1, 0.15) is 0 Å². The molecule has 0 aliphatic rings. The van der Waals surface area contributed by atoms with Crippen LogP contribution in [-0.2, 0) is 10.0 Å². The molecule has 0 saturated heterocycles. The van der Waals surface area contributed by atoms with Gasteiger partial charge in [-0.15, -0.1) is 10.2 Å². The molecule has 9 heteroatoms. The van der Waals surface area contributed by atoms with Crippen molar-refractivity contribution >= 4 is 26.5 Å². The monoisotopic (exact) mass is 362 g/mol. The summed E-state index contributed by atoms with van der Waals surface area (Å²) in [5.74, 6) is 0.454. The zero-order valence-corrected chi connectivity index (χ0v) is 14.1. The molecule has 0 bridgehead atoms. The van der Waals surface area contributed by atoms with Crippen LogP contribution in [0.3, 0.4) is 0 Å². The van der Waals surface area contributed by atoms with Gasteiger partial charge in [0.2, 0.25) is 15.2 Å². The van der Waals surface area contributed by atoms with Crippen LogP contribution in [0.15, 0.2) is 54.9 Å². The minimum absolute atomic E-state index is 0.0510. The molecule has 0 aliphatic carbocycles. The first-order valence-electron chi connectivity index (χ1n) is 7.05. The maximum atomic E-state index is 12.1. The standard InChI is InChI=1S/C15H14N4O3S2/c20-24(21,11-10-22-13-4-2-1-3-5-13)19-15-18-17-14(23-15)12-6-8-16-9-7-12/h1-9H,10-11H2,(H,18,19). The number of aromatic nitrogens is 3. The summed E-state index contributed by atoms with van der Waals surface area (Å²) in [5, 5.41) is 8.69. The summed E-state index contributed by atoms with van der Waals surface area (Å²) in [5.41, 5.74) is 0.834. The Kier molecular flexibility index (Phi) is 5.02. The fraction of sp³-hybridized carbons (Fsp3) is 0.133. The fourth-order valence-electron chi connectivity index (χ4n) is 1.85. The van der Waals surface area contributed by atoms with Gasteiger partial charge in [-0.1, -0.05) is 29.5 Å². The fourth-order valence-corrected chi connectivity index (χ4v) is 3.71. The zero-order chi connectivity index (χ0) is 16.8. The van der Waals surface area contributed by atoms with E-state index >= 15 is 0 Å². The molecule has 0 fully saturated rings. The molecule has 0 unspecified atom stereocenters. The third-order valence-electron chi connectivity index (χ3n) is 2.96. The number of para-hydroxylation sites is 1. The van der Waals surface area contributed by atoms with Gasteiger partial charge < -0.3 is 4.74 Å². The van der Waals surface area contributed by atoms with Crippen LogP contribution in [0.25, 0.3) is 10.6 Å². The average Bonchev–Trinajstić information content (AvgIpc) is 3.04. The van der Waals surface area contributed by atoms with Crippen LogP contribution < -0.4 is 9.46 Å². The molecule has 124 valence electrons. The van der Waals surface area contributed by atoms with Crippen LogP contribution in [0.5, 0.6) is 5.75 Å². The molecule has 1 aromatic carbocycles. The molecular formula is C15H14N4O3S2. The maximum Gasteiger partial charge on any atom is 0.237 e. The number of sulfonamides is 1. The molecule has 7 nitrogen and oxygen atoms in total. The molecule has 2 heterocycles. The molecule has 3 aromatic rings. The van der Waals surface area contributed by atoms with E-state index in [1.807, 2.05) is 18.2 Å². The van der Waals surface area contributed by atoms with E-state index in [2.05, 4.69) is 19.9 Å². The van der Waals surface area contributed by atoms with E-state index < -0.39 is 10.0 Å². The van der Waals surface area contributed by atoms with Crippen molar-refractivity contribution in [2.45, 2.75) is 0 Å². The van der Waals surface area contributed by atoms with Crippen molar-refractivity contribution in [2.75, 3.05) is 17.1 Å². The minimum atomic E-state index is -3.55. The average molecular weight is 362 g/mol. The van der Waals surface area contributed by atoms with Crippen LogP contribution in [0.2, 0.25) is 0 Å². The topological polar surface area (TPSA) is 94.1 Å². The number of nitrogens with one attached hydrogen (secondary N) is 1. The second-order valence-electron chi connectivity index (χ2n) is 4.73. The molecule has 1 N–H and O–H groups in total. The van der Waals surface area contributed by atoms with Crippen molar-refractivity contribution in [1.82, 2.24) is 15.2 Å². The van der Waals surface area contributed by atoms with Crippen molar-refractivity contribution in [3.8, 4) is 16.3 Å². The van der Waals surface area contributed by atoms with Gasteiger partial charge in [0.15, 0.2) is 0 Å². The van der Waals surface area contributed by atoms with Crippen LogP contribution in [-0.4, -0.2) is 36.0 Å². The first-order valence-corrected chi connectivity index (χ1v) is 9.51. The van der Waals surface area contributed by atoms with Crippen molar-refractivity contribution < 1.29 is 13.2 Å². The number of anilines is 1.